The molecule has 3 amide bonds. The Balaban J connectivity index is 1.74. The van der Waals surface area contributed by atoms with E-state index in [1.165, 1.54) is 4.90 Å². The smallest absolute Gasteiger partial charge is 0.287 e. The summed E-state index contributed by atoms with van der Waals surface area (Å²) < 4.78 is 0. The molecule has 0 bridgehead atoms. The number of rotatable bonds is 8. The van der Waals surface area contributed by atoms with E-state index in [4.69, 9.17) is 5.73 Å². The minimum atomic E-state index is -1.11. The first-order valence-electron chi connectivity index (χ1n) is 9.32. The molecule has 150 valence electrons. The summed E-state index contributed by atoms with van der Waals surface area (Å²) in [6.45, 7) is 0.270. The normalized spacial score (nSPS) is 17.0. The Morgan fingerprint density at radius 3 is 2.45 bits per heavy atom. The molecule has 0 saturated carbocycles. The third-order valence-electron chi connectivity index (χ3n) is 4.89. The number of Topliss-reactive ketones (excluding diaryl/α,β-unsaturated/α-hetero) is 1. The fraction of sp³-hybridized carbons (Fsp3) is 0.286. The summed E-state index contributed by atoms with van der Waals surface area (Å²) in [5.74, 6) is -2.59. The highest BCUT2D eigenvalue weighted by atomic mass is 16.2. The van der Waals surface area contributed by atoms with E-state index >= 15 is 0 Å². The van der Waals surface area contributed by atoms with Crippen molar-refractivity contribution in [2.24, 2.45) is 5.73 Å². The summed E-state index contributed by atoms with van der Waals surface area (Å²) in [7, 11) is 0. The van der Waals surface area contributed by atoms with Crippen molar-refractivity contribution in [3.63, 3.8) is 0 Å². The largest absolute Gasteiger partial charge is 0.363 e. The van der Waals surface area contributed by atoms with Gasteiger partial charge >= 0.3 is 0 Å². The predicted octanol–water partition coefficient (Wildman–Crippen LogP) is 0.354. The molecule has 3 N–H and O–H groups in total. The Morgan fingerprint density at radius 2 is 1.79 bits per heavy atom. The summed E-state index contributed by atoms with van der Waals surface area (Å²) >= 11 is 0. The standard InChI is InChI=1S/C21H22N4O4/c22-20(28)19(27)16(12-14-4-2-1-3-5-14)24-21(29)17-6-7-18(26)25(17)13-15-8-10-23-11-9-15/h1-5,8-11,16-17H,6-7,12-13H2,(H2,22,28)(H,24,29). The minimum Gasteiger partial charge on any atom is -0.363 e. The summed E-state index contributed by atoms with van der Waals surface area (Å²) in [5, 5.41) is 2.63. The van der Waals surface area contributed by atoms with E-state index in [1.54, 1.807) is 48.8 Å². The average Bonchev–Trinajstić information content (AvgIpc) is 3.08. The Kier molecular flexibility index (Phi) is 6.33. The number of amides is 3. The molecule has 2 aromatic rings. The van der Waals surface area contributed by atoms with Crippen LogP contribution in [0.5, 0.6) is 0 Å². The summed E-state index contributed by atoms with van der Waals surface area (Å²) in [4.78, 5) is 54.3. The van der Waals surface area contributed by atoms with Crippen LogP contribution in [0, 0.1) is 0 Å². The van der Waals surface area contributed by atoms with E-state index in [1.807, 2.05) is 6.07 Å². The Labute approximate surface area is 168 Å². The fourth-order valence-corrected chi connectivity index (χ4v) is 3.39. The summed E-state index contributed by atoms with van der Waals surface area (Å²) in [5.41, 5.74) is 6.79. The number of hydrogen-bond donors (Lipinski definition) is 2. The van der Waals surface area contributed by atoms with Crippen molar-refractivity contribution in [2.45, 2.75) is 37.9 Å². The highest BCUT2D eigenvalue weighted by Crippen LogP contribution is 2.22. The van der Waals surface area contributed by atoms with Crippen LogP contribution in [-0.4, -0.2) is 45.5 Å². The highest BCUT2D eigenvalue weighted by Gasteiger charge is 2.38. The third-order valence-corrected chi connectivity index (χ3v) is 4.89. The first-order valence-corrected chi connectivity index (χ1v) is 9.32. The first-order chi connectivity index (χ1) is 14.0. The number of likely N-dealkylation sites (tertiary alicyclic amines) is 1. The fourth-order valence-electron chi connectivity index (χ4n) is 3.39. The van der Waals surface area contributed by atoms with Gasteiger partial charge in [0.1, 0.15) is 12.1 Å². The molecule has 1 fully saturated rings. The van der Waals surface area contributed by atoms with Crippen LogP contribution >= 0.6 is 0 Å². The molecule has 29 heavy (non-hydrogen) atoms. The molecule has 1 aliphatic rings. The number of ketones is 1. The van der Waals surface area contributed by atoms with E-state index in [2.05, 4.69) is 10.3 Å². The number of carbonyl (C=O) groups is 4. The Morgan fingerprint density at radius 1 is 1.10 bits per heavy atom. The number of pyridine rings is 1. The van der Waals surface area contributed by atoms with Gasteiger partial charge in [0, 0.05) is 31.8 Å². The number of hydrogen-bond acceptors (Lipinski definition) is 5. The van der Waals surface area contributed by atoms with Gasteiger partial charge in [-0.1, -0.05) is 30.3 Å². The van der Waals surface area contributed by atoms with Crippen LogP contribution in [0.25, 0.3) is 0 Å². The second kappa shape index (κ2) is 9.09. The Bertz CT molecular complexity index is 901. The molecule has 0 radical (unpaired) electrons. The third kappa shape index (κ3) is 5.04. The lowest BCUT2D eigenvalue weighted by Gasteiger charge is -2.26. The highest BCUT2D eigenvalue weighted by molar-refractivity contribution is 6.37. The lowest BCUT2D eigenvalue weighted by molar-refractivity contribution is -0.140. The molecule has 1 aromatic carbocycles. The first kappa shape index (κ1) is 20.2. The number of primary amides is 1. The molecule has 0 spiro atoms. The molecule has 8 heteroatoms. The van der Waals surface area contributed by atoms with Crippen LogP contribution in [0.3, 0.4) is 0 Å². The van der Waals surface area contributed by atoms with Crippen molar-refractivity contribution in [1.82, 2.24) is 15.2 Å². The van der Waals surface area contributed by atoms with Gasteiger partial charge in [0.05, 0.1) is 0 Å². The molecule has 1 saturated heterocycles. The van der Waals surface area contributed by atoms with E-state index in [0.717, 1.165) is 11.1 Å². The topological polar surface area (TPSA) is 122 Å². The van der Waals surface area contributed by atoms with Crippen molar-refractivity contribution < 1.29 is 19.2 Å². The summed E-state index contributed by atoms with van der Waals surface area (Å²) in [6.07, 6.45) is 3.97. The lowest BCUT2D eigenvalue weighted by Crippen LogP contribution is -2.53. The zero-order valence-corrected chi connectivity index (χ0v) is 15.8. The maximum absolute atomic E-state index is 12.9. The molecule has 3 rings (SSSR count). The Hall–Kier alpha value is -3.55. The quantitative estimate of drug-likeness (QED) is 0.626. The molecular formula is C21H22N4O4. The van der Waals surface area contributed by atoms with Crippen LogP contribution in [0.2, 0.25) is 0 Å². The van der Waals surface area contributed by atoms with Gasteiger partial charge in [-0.2, -0.15) is 0 Å². The zero-order chi connectivity index (χ0) is 20.8. The van der Waals surface area contributed by atoms with Crippen LogP contribution in [0.15, 0.2) is 54.9 Å². The lowest BCUT2D eigenvalue weighted by atomic mass is 10.0. The van der Waals surface area contributed by atoms with Gasteiger partial charge in [-0.15, -0.1) is 0 Å². The van der Waals surface area contributed by atoms with Gasteiger partial charge in [-0.3, -0.25) is 24.2 Å². The van der Waals surface area contributed by atoms with Crippen molar-refractivity contribution in [2.75, 3.05) is 0 Å². The van der Waals surface area contributed by atoms with Crippen LogP contribution in [0.1, 0.15) is 24.0 Å². The average molecular weight is 394 g/mol. The van der Waals surface area contributed by atoms with Gasteiger partial charge in [-0.25, -0.2) is 0 Å². The molecule has 2 unspecified atom stereocenters. The van der Waals surface area contributed by atoms with E-state index in [-0.39, 0.29) is 25.3 Å². The monoisotopic (exact) mass is 394 g/mol. The van der Waals surface area contributed by atoms with E-state index in [0.29, 0.717) is 6.42 Å². The minimum absolute atomic E-state index is 0.136. The van der Waals surface area contributed by atoms with E-state index < -0.39 is 29.7 Å². The maximum Gasteiger partial charge on any atom is 0.287 e. The number of nitrogens with zero attached hydrogens (tertiary/aromatic N) is 2. The van der Waals surface area contributed by atoms with Gasteiger partial charge in [-0.05, 0) is 29.7 Å². The molecule has 0 aliphatic carbocycles. The second-order valence-corrected chi connectivity index (χ2v) is 6.91. The van der Waals surface area contributed by atoms with Gasteiger partial charge in [0.25, 0.3) is 5.91 Å². The van der Waals surface area contributed by atoms with Gasteiger partial charge in [0.15, 0.2) is 0 Å². The molecule has 8 nitrogen and oxygen atoms in total. The maximum atomic E-state index is 12.9. The number of nitrogens with two attached hydrogens (primary N) is 1. The summed E-state index contributed by atoms with van der Waals surface area (Å²) in [6, 6.07) is 10.8. The number of benzene rings is 1. The van der Waals surface area contributed by atoms with E-state index in [9.17, 15) is 19.2 Å². The van der Waals surface area contributed by atoms with Crippen LogP contribution in [-0.2, 0) is 32.1 Å². The molecule has 1 aromatic heterocycles. The zero-order valence-electron chi connectivity index (χ0n) is 15.8. The number of nitrogens with one attached hydrogen (secondary N) is 1. The molecule has 2 heterocycles. The molecular weight excluding hydrogens is 372 g/mol. The number of aromatic nitrogens is 1. The molecule has 2 atom stereocenters. The van der Waals surface area contributed by atoms with Crippen molar-refractivity contribution in [3.05, 3.63) is 66.0 Å². The molecule has 1 aliphatic heterocycles. The van der Waals surface area contributed by atoms with Crippen molar-refractivity contribution in [3.8, 4) is 0 Å². The second-order valence-electron chi connectivity index (χ2n) is 6.91. The predicted molar refractivity (Wildman–Crippen MR) is 104 cm³/mol. The van der Waals surface area contributed by atoms with Crippen molar-refractivity contribution in [1.29, 1.82) is 0 Å². The van der Waals surface area contributed by atoms with Crippen molar-refractivity contribution >= 4 is 23.5 Å². The van der Waals surface area contributed by atoms with Gasteiger partial charge in [0.2, 0.25) is 17.6 Å². The van der Waals surface area contributed by atoms with Gasteiger partial charge < -0.3 is 16.0 Å². The van der Waals surface area contributed by atoms with Crippen LogP contribution < -0.4 is 11.1 Å². The number of carbonyl (C=O) groups excluding carboxylic acids is 4. The SMILES string of the molecule is NC(=O)C(=O)C(Cc1ccccc1)NC(=O)C1CCC(=O)N1Cc1ccncc1. The van der Waals surface area contributed by atoms with Crippen LogP contribution in [0.4, 0.5) is 0 Å².